The Morgan fingerprint density at radius 2 is 2.37 bits per heavy atom. The van der Waals surface area contributed by atoms with Crippen molar-refractivity contribution < 1.29 is 9.90 Å². The van der Waals surface area contributed by atoms with Crippen LogP contribution in [0.4, 0.5) is 0 Å². The molecule has 19 heavy (non-hydrogen) atoms. The van der Waals surface area contributed by atoms with E-state index >= 15 is 0 Å². The molecule has 2 aromatic rings. The van der Waals surface area contributed by atoms with E-state index in [9.17, 15) is 4.79 Å². The number of aliphatic carboxylic acids is 1. The quantitative estimate of drug-likeness (QED) is 0.801. The van der Waals surface area contributed by atoms with Gasteiger partial charge in [0.15, 0.2) is 5.16 Å². The molecule has 2 aromatic heterocycles. The third kappa shape index (κ3) is 3.84. The van der Waals surface area contributed by atoms with Gasteiger partial charge in [-0.05, 0) is 34.5 Å². The Morgan fingerprint density at radius 3 is 2.95 bits per heavy atom. The lowest BCUT2D eigenvalue weighted by Gasteiger charge is -2.08. The van der Waals surface area contributed by atoms with E-state index < -0.39 is 5.97 Å². The first kappa shape index (κ1) is 14.6. The van der Waals surface area contributed by atoms with Gasteiger partial charge in [0.2, 0.25) is 0 Å². The fourth-order valence-corrected chi connectivity index (χ4v) is 3.87. The number of imidazole rings is 1. The Bertz CT molecular complexity index is 580. The third-order valence-corrected chi connectivity index (χ3v) is 5.12. The van der Waals surface area contributed by atoms with Crippen molar-refractivity contribution in [1.29, 1.82) is 0 Å². The summed E-state index contributed by atoms with van der Waals surface area (Å²) >= 11 is 6.39. The Balaban J connectivity index is 2.20. The van der Waals surface area contributed by atoms with Crippen LogP contribution in [0, 0.1) is 0 Å². The van der Waals surface area contributed by atoms with E-state index in [1.54, 1.807) is 11.3 Å². The zero-order valence-electron chi connectivity index (χ0n) is 10.3. The molecular weight excluding hydrogens is 348 g/mol. The van der Waals surface area contributed by atoms with E-state index in [-0.39, 0.29) is 5.75 Å². The normalized spacial score (nSPS) is 10.8. The number of rotatable bonds is 6. The first-order valence-corrected chi connectivity index (χ1v) is 8.33. The van der Waals surface area contributed by atoms with E-state index in [1.807, 2.05) is 12.3 Å². The average molecular weight is 361 g/mol. The number of thiophene rings is 1. The van der Waals surface area contributed by atoms with E-state index in [0.29, 0.717) is 0 Å². The molecule has 2 heterocycles. The van der Waals surface area contributed by atoms with Crippen LogP contribution < -0.4 is 0 Å². The summed E-state index contributed by atoms with van der Waals surface area (Å²) in [6, 6.07) is 4.09. The van der Waals surface area contributed by atoms with Gasteiger partial charge in [0.05, 0.1) is 16.1 Å². The van der Waals surface area contributed by atoms with Crippen molar-refractivity contribution in [2.75, 3.05) is 5.75 Å². The van der Waals surface area contributed by atoms with Crippen molar-refractivity contribution >= 4 is 45.0 Å². The van der Waals surface area contributed by atoms with Gasteiger partial charge < -0.3 is 9.67 Å². The molecule has 4 nitrogen and oxygen atoms in total. The van der Waals surface area contributed by atoms with Gasteiger partial charge in [-0.15, -0.1) is 11.3 Å². The van der Waals surface area contributed by atoms with Crippen LogP contribution in [0.15, 0.2) is 27.3 Å². The SMILES string of the molecule is CCc1cnc(SCC(=O)O)n1Cc1ccc(Br)s1. The minimum absolute atomic E-state index is 0.0360. The second-order valence-corrected chi connectivity index (χ2v) is 7.35. The highest BCUT2D eigenvalue weighted by Crippen LogP contribution is 2.26. The Morgan fingerprint density at radius 1 is 1.58 bits per heavy atom. The number of aromatic nitrogens is 2. The third-order valence-electron chi connectivity index (χ3n) is 2.53. The van der Waals surface area contributed by atoms with E-state index in [2.05, 4.69) is 38.5 Å². The van der Waals surface area contributed by atoms with Gasteiger partial charge in [0, 0.05) is 16.8 Å². The van der Waals surface area contributed by atoms with Gasteiger partial charge in [-0.25, -0.2) is 4.98 Å². The molecule has 0 fully saturated rings. The van der Waals surface area contributed by atoms with Gasteiger partial charge in [0.25, 0.3) is 0 Å². The summed E-state index contributed by atoms with van der Waals surface area (Å²) in [5, 5.41) is 9.53. The zero-order chi connectivity index (χ0) is 13.8. The molecule has 0 radical (unpaired) electrons. The zero-order valence-corrected chi connectivity index (χ0v) is 13.5. The highest BCUT2D eigenvalue weighted by Gasteiger charge is 2.12. The van der Waals surface area contributed by atoms with Crippen molar-refractivity contribution in [3.8, 4) is 0 Å². The largest absolute Gasteiger partial charge is 0.481 e. The second-order valence-electron chi connectivity index (χ2n) is 3.86. The van der Waals surface area contributed by atoms with Crippen molar-refractivity contribution in [3.63, 3.8) is 0 Å². The van der Waals surface area contributed by atoms with Crippen LogP contribution >= 0.6 is 39.0 Å². The standard InChI is InChI=1S/C12H13BrN2O2S2/c1-2-8-5-14-12(18-7-11(16)17)15(8)6-9-3-4-10(13)19-9/h3-5H,2,6-7H2,1H3,(H,16,17). The van der Waals surface area contributed by atoms with Gasteiger partial charge in [-0.2, -0.15) is 0 Å². The highest BCUT2D eigenvalue weighted by atomic mass is 79.9. The summed E-state index contributed by atoms with van der Waals surface area (Å²) in [6.07, 6.45) is 2.71. The topological polar surface area (TPSA) is 55.1 Å². The smallest absolute Gasteiger partial charge is 0.313 e. The number of carbonyl (C=O) groups is 1. The molecule has 0 aliphatic heterocycles. The molecule has 0 spiro atoms. The lowest BCUT2D eigenvalue weighted by atomic mass is 10.3. The number of hydrogen-bond acceptors (Lipinski definition) is 4. The van der Waals surface area contributed by atoms with Crippen LogP contribution in [0.5, 0.6) is 0 Å². The molecule has 2 rings (SSSR count). The number of nitrogens with zero attached hydrogens (tertiary/aromatic N) is 2. The second kappa shape index (κ2) is 6.58. The Labute approximate surface area is 128 Å². The molecular formula is C12H13BrN2O2S2. The van der Waals surface area contributed by atoms with Crippen molar-refractivity contribution in [1.82, 2.24) is 9.55 Å². The molecule has 7 heteroatoms. The maximum Gasteiger partial charge on any atom is 0.313 e. The molecule has 0 aromatic carbocycles. The summed E-state index contributed by atoms with van der Waals surface area (Å²) in [5.74, 6) is -0.787. The molecule has 0 aliphatic rings. The molecule has 0 atom stereocenters. The van der Waals surface area contributed by atoms with Gasteiger partial charge in [-0.3, -0.25) is 4.79 Å². The Hall–Kier alpha value is -0.790. The van der Waals surface area contributed by atoms with Gasteiger partial charge >= 0.3 is 5.97 Å². The van der Waals surface area contributed by atoms with E-state index in [1.165, 1.54) is 16.6 Å². The highest BCUT2D eigenvalue weighted by molar-refractivity contribution is 9.11. The van der Waals surface area contributed by atoms with Crippen LogP contribution in [0.1, 0.15) is 17.5 Å². The van der Waals surface area contributed by atoms with Crippen LogP contribution in [-0.4, -0.2) is 26.4 Å². The predicted molar refractivity (Wildman–Crippen MR) is 81.1 cm³/mol. The number of carboxylic acids is 1. The van der Waals surface area contributed by atoms with Crippen LogP contribution in [0.2, 0.25) is 0 Å². The summed E-state index contributed by atoms with van der Waals surface area (Å²) in [5.41, 5.74) is 1.12. The minimum atomic E-state index is -0.823. The lowest BCUT2D eigenvalue weighted by Crippen LogP contribution is -2.06. The summed E-state index contributed by atoms with van der Waals surface area (Å²) in [7, 11) is 0. The van der Waals surface area contributed by atoms with Gasteiger partial charge in [-0.1, -0.05) is 18.7 Å². The fraction of sp³-hybridized carbons (Fsp3) is 0.333. The predicted octanol–water partition coefficient (Wildman–Crippen LogP) is 3.49. The number of halogens is 1. The van der Waals surface area contributed by atoms with Crippen molar-refractivity contribution in [3.05, 3.63) is 32.7 Å². The first-order chi connectivity index (χ1) is 9.10. The molecule has 1 N–H and O–H groups in total. The van der Waals surface area contributed by atoms with E-state index in [4.69, 9.17) is 5.11 Å². The molecule has 0 bridgehead atoms. The summed E-state index contributed by atoms with van der Waals surface area (Å²) in [6.45, 7) is 2.81. The van der Waals surface area contributed by atoms with Crippen molar-refractivity contribution in [2.45, 2.75) is 25.0 Å². The van der Waals surface area contributed by atoms with Crippen LogP contribution in [-0.2, 0) is 17.8 Å². The molecule has 102 valence electrons. The monoisotopic (exact) mass is 360 g/mol. The van der Waals surface area contributed by atoms with Crippen molar-refractivity contribution in [2.24, 2.45) is 0 Å². The molecule has 0 saturated heterocycles. The molecule has 0 aliphatic carbocycles. The van der Waals surface area contributed by atoms with Gasteiger partial charge in [0.1, 0.15) is 0 Å². The fourth-order valence-electron chi connectivity index (χ4n) is 1.68. The lowest BCUT2D eigenvalue weighted by molar-refractivity contribution is -0.133. The minimum Gasteiger partial charge on any atom is -0.481 e. The summed E-state index contributed by atoms with van der Waals surface area (Å²) in [4.78, 5) is 16.2. The molecule has 0 unspecified atom stereocenters. The first-order valence-electron chi connectivity index (χ1n) is 5.73. The number of hydrogen-bond donors (Lipinski definition) is 1. The molecule has 0 amide bonds. The molecule has 0 saturated carbocycles. The number of aryl methyl sites for hydroxylation is 1. The van der Waals surface area contributed by atoms with E-state index in [0.717, 1.165) is 27.6 Å². The maximum absolute atomic E-state index is 10.7. The maximum atomic E-state index is 10.7. The number of thioether (sulfide) groups is 1. The summed E-state index contributed by atoms with van der Waals surface area (Å²) < 4.78 is 3.19. The Kier molecular flexibility index (Phi) is 5.06. The number of carboxylic acid groups (broad SMARTS) is 1. The van der Waals surface area contributed by atoms with Crippen LogP contribution in [0.3, 0.4) is 0 Å². The average Bonchev–Trinajstić information content (AvgIpc) is 2.94. The van der Waals surface area contributed by atoms with Crippen LogP contribution in [0.25, 0.3) is 0 Å².